The van der Waals surface area contributed by atoms with Gasteiger partial charge in [0.2, 0.25) is 5.91 Å². The number of benzene rings is 2. The van der Waals surface area contributed by atoms with Crippen molar-refractivity contribution in [1.82, 2.24) is 25.5 Å². The zero-order valence-electron chi connectivity index (χ0n) is 15.8. The number of aromatic nitrogens is 4. The summed E-state index contributed by atoms with van der Waals surface area (Å²) < 4.78 is 41.7. The lowest BCUT2D eigenvalue weighted by atomic mass is 10.2. The highest BCUT2D eigenvalue weighted by Gasteiger charge is 2.13. The van der Waals surface area contributed by atoms with Crippen molar-refractivity contribution >= 4 is 17.5 Å². The molecule has 0 aliphatic rings. The van der Waals surface area contributed by atoms with Gasteiger partial charge in [0.1, 0.15) is 23.1 Å². The molecule has 30 heavy (non-hydrogen) atoms. The zero-order chi connectivity index (χ0) is 21.7. The Labute approximate surface area is 169 Å². The molecule has 0 radical (unpaired) electrons. The maximum atomic E-state index is 14.0. The second kappa shape index (κ2) is 9.16. The van der Waals surface area contributed by atoms with Crippen LogP contribution < -0.4 is 10.6 Å². The van der Waals surface area contributed by atoms with Crippen molar-refractivity contribution < 1.29 is 22.8 Å². The van der Waals surface area contributed by atoms with Gasteiger partial charge < -0.3 is 10.6 Å². The Morgan fingerprint density at radius 1 is 1.07 bits per heavy atom. The van der Waals surface area contributed by atoms with Crippen LogP contribution in [-0.2, 0) is 4.79 Å². The smallest absolute Gasteiger partial charge is 0.254 e. The van der Waals surface area contributed by atoms with Gasteiger partial charge >= 0.3 is 0 Å². The standard InChI is InChI=1S/C19H17F3N6O2/c1-11-25-26-27-28(11)17-10-13(5-7-15(17)21)24-18(29)3-2-8-23-19(30)14-6-4-12(20)9-16(14)22/h4-7,9-10H,2-3,8H2,1H3,(H,23,30)(H,24,29). The van der Waals surface area contributed by atoms with Gasteiger partial charge in [-0.15, -0.1) is 5.10 Å². The highest BCUT2D eigenvalue weighted by atomic mass is 19.1. The molecule has 0 aliphatic carbocycles. The van der Waals surface area contributed by atoms with Crippen molar-refractivity contribution in [1.29, 1.82) is 0 Å². The van der Waals surface area contributed by atoms with Gasteiger partial charge in [-0.3, -0.25) is 9.59 Å². The number of amides is 2. The van der Waals surface area contributed by atoms with Crippen LogP contribution >= 0.6 is 0 Å². The first kappa shape index (κ1) is 21.0. The molecule has 1 aromatic heterocycles. The van der Waals surface area contributed by atoms with E-state index in [1.165, 1.54) is 22.9 Å². The Balaban J connectivity index is 1.50. The fourth-order valence-corrected chi connectivity index (χ4v) is 2.65. The minimum atomic E-state index is -0.963. The van der Waals surface area contributed by atoms with Gasteiger partial charge in [-0.05, 0) is 54.1 Å². The number of tetrazole rings is 1. The highest BCUT2D eigenvalue weighted by molar-refractivity contribution is 5.94. The molecule has 0 spiro atoms. The van der Waals surface area contributed by atoms with Crippen LogP contribution in [0.2, 0.25) is 0 Å². The number of hydrogen-bond donors (Lipinski definition) is 2. The maximum Gasteiger partial charge on any atom is 0.254 e. The molecule has 0 fully saturated rings. The van der Waals surface area contributed by atoms with Crippen LogP contribution in [0.4, 0.5) is 18.9 Å². The summed E-state index contributed by atoms with van der Waals surface area (Å²) >= 11 is 0. The molecule has 3 aromatic rings. The van der Waals surface area contributed by atoms with E-state index < -0.39 is 23.4 Å². The second-order valence-corrected chi connectivity index (χ2v) is 6.34. The summed E-state index contributed by atoms with van der Waals surface area (Å²) in [4.78, 5) is 24.0. The fourth-order valence-electron chi connectivity index (χ4n) is 2.65. The first-order valence-corrected chi connectivity index (χ1v) is 8.93. The molecule has 2 N–H and O–H groups in total. The van der Waals surface area contributed by atoms with Crippen LogP contribution in [0, 0.1) is 24.4 Å². The van der Waals surface area contributed by atoms with Crippen molar-refractivity contribution in [2.45, 2.75) is 19.8 Å². The largest absolute Gasteiger partial charge is 0.352 e. The minimum Gasteiger partial charge on any atom is -0.352 e. The fraction of sp³-hybridized carbons (Fsp3) is 0.211. The summed E-state index contributed by atoms with van der Waals surface area (Å²) in [6.45, 7) is 1.72. The van der Waals surface area contributed by atoms with Crippen molar-refractivity contribution in [3.63, 3.8) is 0 Å². The predicted molar refractivity (Wildman–Crippen MR) is 100 cm³/mol. The van der Waals surface area contributed by atoms with E-state index >= 15 is 0 Å². The summed E-state index contributed by atoms with van der Waals surface area (Å²) in [5.74, 6) is -2.98. The number of nitrogens with zero attached hydrogens (tertiary/aromatic N) is 4. The molecule has 156 valence electrons. The monoisotopic (exact) mass is 418 g/mol. The molecule has 11 heteroatoms. The molecule has 0 unspecified atom stereocenters. The molecule has 8 nitrogen and oxygen atoms in total. The zero-order valence-corrected chi connectivity index (χ0v) is 15.8. The Morgan fingerprint density at radius 3 is 2.57 bits per heavy atom. The topological polar surface area (TPSA) is 102 Å². The van der Waals surface area contributed by atoms with Gasteiger partial charge in [-0.2, -0.15) is 4.68 Å². The molecule has 0 aliphatic heterocycles. The summed E-state index contributed by atoms with van der Waals surface area (Å²) in [6.07, 6.45) is 0.337. The van der Waals surface area contributed by atoms with Crippen LogP contribution in [0.15, 0.2) is 36.4 Å². The van der Waals surface area contributed by atoms with Gasteiger partial charge in [0.15, 0.2) is 5.82 Å². The Kier molecular flexibility index (Phi) is 6.40. The van der Waals surface area contributed by atoms with Crippen molar-refractivity contribution in [2.75, 3.05) is 11.9 Å². The normalized spacial score (nSPS) is 10.7. The average molecular weight is 418 g/mol. The lowest BCUT2D eigenvalue weighted by molar-refractivity contribution is -0.116. The van der Waals surface area contributed by atoms with Crippen LogP contribution in [0.25, 0.3) is 5.69 Å². The SMILES string of the molecule is Cc1nnnn1-c1cc(NC(=O)CCCNC(=O)c2ccc(F)cc2F)ccc1F. The maximum absolute atomic E-state index is 14.0. The molecule has 0 bridgehead atoms. The van der Waals surface area contributed by atoms with E-state index in [1.54, 1.807) is 6.92 Å². The van der Waals surface area contributed by atoms with Gasteiger partial charge in [-0.25, -0.2) is 13.2 Å². The third kappa shape index (κ3) is 4.99. The Hall–Kier alpha value is -3.76. The molecular weight excluding hydrogens is 401 g/mol. The lowest BCUT2D eigenvalue weighted by Crippen LogP contribution is -2.26. The number of carbonyl (C=O) groups excluding carboxylic acids is 2. The van der Waals surface area contributed by atoms with Crippen LogP contribution in [0.1, 0.15) is 29.0 Å². The number of hydrogen-bond acceptors (Lipinski definition) is 5. The lowest BCUT2D eigenvalue weighted by Gasteiger charge is -2.09. The summed E-state index contributed by atoms with van der Waals surface area (Å²) in [5.41, 5.74) is 0.158. The van der Waals surface area contributed by atoms with Crippen molar-refractivity contribution in [2.24, 2.45) is 0 Å². The van der Waals surface area contributed by atoms with E-state index in [1.807, 2.05) is 0 Å². The van der Waals surface area contributed by atoms with E-state index in [4.69, 9.17) is 0 Å². The third-order valence-corrected chi connectivity index (χ3v) is 4.13. The van der Waals surface area contributed by atoms with E-state index in [2.05, 4.69) is 26.2 Å². The molecule has 1 heterocycles. The number of carbonyl (C=O) groups is 2. The predicted octanol–water partition coefficient (Wildman–Crippen LogP) is 2.54. The van der Waals surface area contributed by atoms with E-state index in [0.29, 0.717) is 17.6 Å². The Bertz CT molecular complexity index is 1090. The van der Waals surface area contributed by atoms with Gasteiger partial charge in [-0.1, -0.05) is 0 Å². The number of halogens is 3. The first-order chi connectivity index (χ1) is 14.3. The third-order valence-electron chi connectivity index (χ3n) is 4.13. The molecular formula is C19H17F3N6O2. The first-order valence-electron chi connectivity index (χ1n) is 8.93. The number of nitrogens with one attached hydrogen (secondary N) is 2. The number of aryl methyl sites for hydroxylation is 1. The van der Waals surface area contributed by atoms with Gasteiger partial charge in [0.25, 0.3) is 5.91 Å². The Morgan fingerprint density at radius 2 is 1.87 bits per heavy atom. The highest BCUT2D eigenvalue weighted by Crippen LogP contribution is 2.19. The van der Waals surface area contributed by atoms with E-state index in [9.17, 15) is 22.8 Å². The molecule has 2 aromatic carbocycles. The second-order valence-electron chi connectivity index (χ2n) is 6.34. The van der Waals surface area contributed by atoms with Crippen LogP contribution in [-0.4, -0.2) is 38.6 Å². The molecule has 3 rings (SSSR count). The number of anilines is 1. The summed E-state index contributed by atoms with van der Waals surface area (Å²) in [6, 6.07) is 6.63. The number of rotatable bonds is 7. The van der Waals surface area contributed by atoms with Crippen LogP contribution in [0.3, 0.4) is 0 Å². The van der Waals surface area contributed by atoms with Gasteiger partial charge in [0, 0.05) is 24.7 Å². The molecule has 0 saturated carbocycles. The average Bonchev–Trinajstić information content (AvgIpc) is 3.12. The van der Waals surface area contributed by atoms with Crippen molar-refractivity contribution in [3.8, 4) is 5.69 Å². The summed E-state index contributed by atoms with van der Waals surface area (Å²) in [7, 11) is 0. The van der Waals surface area contributed by atoms with Gasteiger partial charge in [0.05, 0.1) is 5.56 Å². The molecule has 0 saturated heterocycles. The summed E-state index contributed by atoms with van der Waals surface area (Å²) in [5, 5.41) is 15.9. The van der Waals surface area contributed by atoms with Crippen molar-refractivity contribution in [3.05, 3.63) is 65.2 Å². The van der Waals surface area contributed by atoms with Crippen LogP contribution in [0.5, 0.6) is 0 Å². The molecule has 0 atom stereocenters. The van der Waals surface area contributed by atoms with E-state index in [0.717, 1.165) is 12.1 Å². The van der Waals surface area contributed by atoms with E-state index in [-0.39, 0.29) is 36.5 Å². The minimum absolute atomic E-state index is 0.0583. The quantitative estimate of drug-likeness (QED) is 0.574. The molecule has 2 amide bonds.